The minimum absolute atomic E-state index is 0.0145. The van der Waals surface area contributed by atoms with E-state index in [2.05, 4.69) is 10.3 Å². The molecule has 0 bridgehead atoms. The lowest BCUT2D eigenvalue weighted by molar-refractivity contribution is -0.125. The molecule has 3 heteroatoms. The summed E-state index contributed by atoms with van der Waals surface area (Å²) in [5.74, 6) is 2.19. The first kappa shape index (κ1) is 10.8. The highest BCUT2D eigenvalue weighted by molar-refractivity contribution is 5.79. The van der Waals surface area contributed by atoms with Crippen LogP contribution in [0.2, 0.25) is 0 Å². The number of amides is 1. The van der Waals surface area contributed by atoms with Crippen molar-refractivity contribution in [2.45, 2.75) is 32.2 Å². The Morgan fingerprint density at radius 2 is 2.12 bits per heavy atom. The zero-order chi connectivity index (χ0) is 11.8. The second-order valence-corrected chi connectivity index (χ2v) is 5.41. The minimum Gasteiger partial charge on any atom is -0.348 e. The van der Waals surface area contributed by atoms with Crippen molar-refractivity contribution in [2.24, 2.45) is 17.8 Å². The van der Waals surface area contributed by atoms with Crippen molar-refractivity contribution in [2.75, 3.05) is 0 Å². The molecule has 2 saturated carbocycles. The number of aromatic nitrogens is 1. The minimum atomic E-state index is 0.0145. The van der Waals surface area contributed by atoms with Crippen LogP contribution in [-0.2, 0) is 4.79 Å². The highest BCUT2D eigenvalue weighted by Crippen LogP contribution is 2.54. The summed E-state index contributed by atoms with van der Waals surface area (Å²) < 4.78 is 0. The van der Waals surface area contributed by atoms with E-state index in [4.69, 9.17) is 0 Å². The third kappa shape index (κ3) is 2.19. The second kappa shape index (κ2) is 4.13. The number of hydrogen-bond acceptors (Lipinski definition) is 2. The van der Waals surface area contributed by atoms with Crippen LogP contribution < -0.4 is 5.32 Å². The summed E-state index contributed by atoms with van der Waals surface area (Å²) in [6.45, 7) is 2.00. The Bertz CT molecular complexity index is 407. The number of nitrogens with zero attached hydrogens (tertiary/aromatic N) is 1. The molecule has 2 fully saturated rings. The van der Waals surface area contributed by atoms with Crippen LogP contribution >= 0.6 is 0 Å². The maximum atomic E-state index is 12.1. The summed E-state index contributed by atoms with van der Waals surface area (Å²) in [4.78, 5) is 16.3. The van der Waals surface area contributed by atoms with E-state index in [9.17, 15) is 4.79 Å². The van der Waals surface area contributed by atoms with Gasteiger partial charge in [-0.05, 0) is 50.2 Å². The van der Waals surface area contributed by atoms with Gasteiger partial charge < -0.3 is 5.32 Å². The normalized spacial score (nSPS) is 31.7. The fraction of sp³-hybridized carbons (Fsp3) is 0.571. The quantitative estimate of drug-likeness (QED) is 0.865. The Hall–Kier alpha value is -1.38. The van der Waals surface area contributed by atoms with Crippen LogP contribution in [0.1, 0.15) is 37.9 Å². The monoisotopic (exact) mass is 230 g/mol. The number of carbonyl (C=O) groups is 1. The third-order valence-corrected chi connectivity index (χ3v) is 4.10. The highest BCUT2D eigenvalue weighted by Gasteiger charge is 2.48. The van der Waals surface area contributed by atoms with Gasteiger partial charge in [0.1, 0.15) is 0 Å². The zero-order valence-electron chi connectivity index (χ0n) is 10.1. The van der Waals surface area contributed by atoms with E-state index in [0.717, 1.165) is 30.4 Å². The molecule has 0 aliphatic heterocycles. The molecule has 1 N–H and O–H groups in total. The van der Waals surface area contributed by atoms with Gasteiger partial charge in [-0.1, -0.05) is 6.07 Å². The highest BCUT2D eigenvalue weighted by atomic mass is 16.1. The van der Waals surface area contributed by atoms with Gasteiger partial charge in [-0.2, -0.15) is 0 Å². The van der Waals surface area contributed by atoms with Gasteiger partial charge in [0.05, 0.1) is 11.7 Å². The molecular formula is C14H18N2O. The lowest BCUT2D eigenvalue weighted by Crippen LogP contribution is -2.32. The van der Waals surface area contributed by atoms with Gasteiger partial charge >= 0.3 is 0 Å². The van der Waals surface area contributed by atoms with Crippen molar-refractivity contribution >= 4 is 5.91 Å². The largest absolute Gasteiger partial charge is 0.348 e. The van der Waals surface area contributed by atoms with Gasteiger partial charge in [-0.3, -0.25) is 9.78 Å². The van der Waals surface area contributed by atoms with E-state index in [-0.39, 0.29) is 17.9 Å². The van der Waals surface area contributed by atoms with E-state index in [0.29, 0.717) is 0 Å². The number of rotatable bonds is 3. The molecule has 1 aromatic rings. The van der Waals surface area contributed by atoms with Gasteiger partial charge in [0.15, 0.2) is 0 Å². The van der Waals surface area contributed by atoms with Crippen LogP contribution in [0, 0.1) is 17.8 Å². The molecule has 1 amide bonds. The maximum Gasteiger partial charge on any atom is 0.223 e. The molecule has 90 valence electrons. The second-order valence-electron chi connectivity index (χ2n) is 5.41. The SMILES string of the molecule is CC(NC(=O)C1CC2CC2C1)c1ccccn1. The molecule has 0 aromatic carbocycles. The number of pyridine rings is 1. The number of fused-ring (bicyclic) bond motifs is 1. The van der Waals surface area contributed by atoms with E-state index in [1.165, 1.54) is 6.42 Å². The topological polar surface area (TPSA) is 42.0 Å². The van der Waals surface area contributed by atoms with E-state index < -0.39 is 0 Å². The van der Waals surface area contributed by atoms with Gasteiger partial charge in [-0.15, -0.1) is 0 Å². The van der Waals surface area contributed by atoms with E-state index >= 15 is 0 Å². The lowest BCUT2D eigenvalue weighted by Gasteiger charge is -2.17. The van der Waals surface area contributed by atoms with Crippen molar-refractivity contribution in [1.82, 2.24) is 10.3 Å². The van der Waals surface area contributed by atoms with Crippen LogP contribution in [0.15, 0.2) is 24.4 Å². The van der Waals surface area contributed by atoms with Crippen molar-refractivity contribution in [3.05, 3.63) is 30.1 Å². The average molecular weight is 230 g/mol. The van der Waals surface area contributed by atoms with E-state index in [1.54, 1.807) is 6.20 Å². The van der Waals surface area contributed by atoms with E-state index in [1.807, 2.05) is 25.1 Å². The van der Waals surface area contributed by atoms with Gasteiger partial charge in [-0.25, -0.2) is 0 Å². The van der Waals surface area contributed by atoms with Crippen molar-refractivity contribution in [3.8, 4) is 0 Å². The first-order valence-corrected chi connectivity index (χ1v) is 6.45. The molecule has 2 aliphatic carbocycles. The molecule has 1 heterocycles. The Morgan fingerprint density at radius 3 is 2.76 bits per heavy atom. The Kier molecular flexibility index (Phi) is 2.61. The Labute approximate surface area is 102 Å². The van der Waals surface area contributed by atoms with Gasteiger partial charge in [0, 0.05) is 12.1 Å². The first-order chi connectivity index (χ1) is 8.24. The summed E-state index contributed by atoms with van der Waals surface area (Å²) in [5.41, 5.74) is 0.934. The van der Waals surface area contributed by atoms with Gasteiger partial charge in [0.2, 0.25) is 5.91 Å². The van der Waals surface area contributed by atoms with Crippen molar-refractivity contribution in [1.29, 1.82) is 0 Å². The molecule has 3 unspecified atom stereocenters. The lowest BCUT2D eigenvalue weighted by atomic mass is 10.0. The molecule has 3 nitrogen and oxygen atoms in total. The average Bonchev–Trinajstić information content (AvgIpc) is 2.97. The number of hydrogen-bond donors (Lipinski definition) is 1. The molecule has 0 saturated heterocycles. The number of nitrogens with one attached hydrogen (secondary N) is 1. The van der Waals surface area contributed by atoms with Crippen LogP contribution in [0.3, 0.4) is 0 Å². The fourth-order valence-corrected chi connectivity index (χ4v) is 2.97. The molecular weight excluding hydrogens is 212 g/mol. The summed E-state index contributed by atoms with van der Waals surface area (Å²) in [5, 5.41) is 3.08. The van der Waals surface area contributed by atoms with Gasteiger partial charge in [0.25, 0.3) is 0 Å². The molecule has 3 rings (SSSR count). The molecule has 0 radical (unpaired) electrons. The first-order valence-electron chi connectivity index (χ1n) is 6.45. The van der Waals surface area contributed by atoms with Crippen LogP contribution in [-0.4, -0.2) is 10.9 Å². The number of carbonyl (C=O) groups excluding carboxylic acids is 1. The summed E-state index contributed by atoms with van der Waals surface area (Å²) in [6.07, 6.45) is 5.33. The fourth-order valence-electron chi connectivity index (χ4n) is 2.97. The van der Waals surface area contributed by atoms with Crippen LogP contribution in [0.25, 0.3) is 0 Å². The predicted molar refractivity (Wildman–Crippen MR) is 65.1 cm³/mol. The van der Waals surface area contributed by atoms with Crippen LogP contribution in [0.5, 0.6) is 0 Å². The third-order valence-electron chi connectivity index (χ3n) is 4.10. The standard InChI is InChI=1S/C14H18N2O/c1-9(13-4-2-3-5-15-13)16-14(17)12-7-10-6-11(10)8-12/h2-5,9-12H,6-8H2,1H3,(H,16,17). The molecule has 2 aliphatic rings. The van der Waals surface area contributed by atoms with Crippen molar-refractivity contribution in [3.63, 3.8) is 0 Å². The summed E-state index contributed by atoms with van der Waals surface area (Å²) >= 11 is 0. The molecule has 0 spiro atoms. The molecule has 17 heavy (non-hydrogen) atoms. The maximum absolute atomic E-state index is 12.1. The smallest absolute Gasteiger partial charge is 0.223 e. The van der Waals surface area contributed by atoms with Crippen LogP contribution in [0.4, 0.5) is 0 Å². The summed E-state index contributed by atoms with van der Waals surface area (Å²) in [7, 11) is 0. The zero-order valence-corrected chi connectivity index (χ0v) is 10.1. The Morgan fingerprint density at radius 1 is 1.35 bits per heavy atom. The molecule has 3 atom stereocenters. The Balaban J connectivity index is 1.57. The van der Waals surface area contributed by atoms with Crippen molar-refractivity contribution < 1.29 is 4.79 Å². The molecule has 1 aromatic heterocycles. The predicted octanol–water partition coefficient (Wildman–Crippen LogP) is 2.30. The summed E-state index contributed by atoms with van der Waals surface area (Å²) in [6, 6.07) is 5.82.